The van der Waals surface area contributed by atoms with Gasteiger partial charge >= 0.3 is 0 Å². The van der Waals surface area contributed by atoms with Gasteiger partial charge in [-0.3, -0.25) is 4.79 Å². The molecule has 2 rings (SSSR count). The Hall–Kier alpha value is -2.60. The van der Waals surface area contributed by atoms with Gasteiger partial charge in [-0.2, -0.15) is 0 Å². The Kier molecular flexibility index (Phi) is 5.98. The van der Waals surface area contributed by atoms with E-state index in [1.807, 2.05) is 6.92 Å². The predicted molar refractivity (Wildman–Crippen MR) is 96.8 cm³/mol. The first-order valence-corrected chi connectivity index (χ1v) is 7.78. The fraction of sp³-hybridized carbons (Fsp3) is 0.278. The van der Waals surface area contributed by atoms with Crippen LogP contribution in [0.3, 0.4) is 0 Å². The molecule has 0 aliphatic rings. The molecule has 2 aromatic rings. The third-order valence-corrected chi connectivity index (χ3v) is 4.09. The number of nitrogens with one attached hydrogen (secondary N) is 1. The van der Waals surface area contributed by atoms with E-state index in [0.29, 0.717) is 39.3 Å². The minimum Gasteiger partial charge on any atom is -0.496 e. The van der Waals surface area contributed by atoms with Crippen LogP contribution in [-0.4, -0.2) is 34.3 Å². The van der Waals surface area contributed by atoms with Crippen molar-refractivity contribution in [3.8, 4) is 23.0 Å². The van der Waals surface area contributed by atoms with Gasteiger partial charge in [0.2, 0.25) is 0 Å². The summed E-state index contributed by atoms with van der Waals surface area (Å²) in [7, 11) is 5.99. The van der Waals surface area contributed by atoms with Crippen molar-refractivity contribution >= 4 is 23.2 Å². The summed E-state index contributed by atoms with van der Waals surface area (Å²) in [5.41, 5.74) is 1.62. The minimum atomic E-state index is -0.377. The van der Waals surface area contributed by atoms with E-state index in [4.69, 9.17) is 30.5 Å². The lowest BCUT2D eigenvalue weighted by atomic mass is 10.1. The highest BCUT2D eigenvalue weighted by atomic mass is 35.5. The monoisotopic (exact) mass is 365 g/mol. The SMILES string of the molecule is COc1cc(Cl)c(C)cc1NC(=O)c1cc(OC)c(OC)cc1OC. The molecule has 0 heterocycles. The van der Waals surface area contributed by atoms with Crippen LogP contribution in [0.4, 0.5) is 5.69 Å². The van der Waals surface area contributed by atoms with Crippen molar-refractivity contribution < 1.29 is 23.7 Å². The molecule has 0 aliphatic carbocycles. The number of hydrogen-bond acceptors (Lipinski definition) is 5. The van der Waals surface area contributed by atoms with Gasteiger partial charge in [-0.1, -0.05) is 11.6 Å². The fourth-order valence-electron chi connectivity index (χ4n) is 2.33. The number of amides is 1. The predicted octanol–water partition coefficient (Wildman–Crippen LogP) is 3.94. The summed E-state index contributed by atoms with van der Waals surface area (Å²) in [6.07, 6.45) is 0. The van der Waals surface area contributed by atoms with E-state index in [2.05, 4.69) is 5.32 Å². The quantitative estimate of drug-likeness (QED) is 0.840. The second kappa shape index (κ2) is 7.98. The van der Waals surface area contributed by atoms with Crippen molar-refractivity contribution in [1.29, 1.82) is 0 Å². The Morgan fingerprint density at radius 3 is 1.96 bits per heavy atom. The van der Waals surface area contributed by atoms with Gasteiger partial charge in [0, 0.05) is 23.2 Å². The maximum Gasteiger partial charge on any atom is 0.259 e. The second-order valence-electron chi connectivity index (χ2n) is 5.16. The molecule has 1 amide bonds. The average Bonchev–Trinajstić information content (AvgIpc) is 2.62. The number of carbonyl (C=O) groups excluding carboxylic acids is 1. The van der Waals surface area contributed by atoms with Gasteiger partial charge in [-0.05, 0) is 18.6 Å². The first-order chi connectivity index (χ1) is 11.9. The van der Waals surface area contributed by atoms with Crippen molar-refractivity contribution in [2.75, 3.05) is 33.8 Å². The van der Waals surface area contributed by atoms with Gasteiger partial charge in [0.1, 0.15) is 11.5 Å². The lowest BCUT2D eigenvalue weighted by molar-refractivity contribution is 0.102. The molecule has 2 aromatic carbocycles. The average molecular weight is 366 g/mol. The number of hydrogen-bond donors (Lipinski definition) is 1. The number of anilines is 1. The van der Waals surface area contributed by atoms with Crippen LogP contribution in [0.25, 0.3) is 0 Å². The molecule has 0 aliphatic heterocycles. The van der Waals surface area contributed by atoms with E-state index in [0.717, 1.165) is 5.56 Å². The molecule has 0 spiro atoms. The molecule has 0 aromatic heterocycles. The molecule has 0 fully saturated rings. The van der Waals surface area contributed by atoms with Gasteiger partial charge in [0.25, 0.3) is 5.91 Å². The summed E-state index contributed by atoms with van der Waals surface area (Å²) in [6.45, 7) is 1.84. The lowest BCUT2D eigenvalue weighted by Gasteiger charge is -2.15. The molecule has 25 heavy (non-hydrogen) atoms. The minimum absolute atomic E-state index is 0.301. The van der Waals surface area contributed by atoms with E-state index < -0.39 is 0 Å². The van der Waals surface area contributed by atoms with Crippen LogP contribution < -0.4 is 24.3 Å². The largest absolute Gasteiger partial charge is 0.496 e. The third kappa shape index (κ3) is 3.91. The molecule has 0 radical (unpaired) electrons. The molecular formula is C18H20ClNO5. The zero-order valence-electron chi connectivity index (χ0n) is 14.7. The summed E-state index contributed by atoms with van der Waals surface area (Å²) in [6, 6.07) is 6.55. The van der Waals surface area contributed by atoms with Gasteiger partial charge < -0.3 is 24.3 Å². The van der Waals surface area contributed by atoms with Crippen LogP contribution in [-0.2, 0) is 0 Å². The highest BCUT2D eigenvalue weighted by Gasteiger charge is 2.19. The zero-order chi connectivity index (χ0) is 18.6. The van der Waals surface area contributed by atoms with Crippen LogP contribution in [0.2, 0.25) is 5.02 Å². The summed E-state index contributed by atoms with van der Waals surface area (Å²) in [5, 5.41) is 3.36. The number of benzene rings is 2. The second-order valence-corrected chi connectivity index (χ2v) is 5.57. The molecule has 134 valence electrons. The molecular weight excluding hydrogens is 346 g/mol. The number of halogens is 1. The molecule has 0 saturated heterocycles. The Labute approximate surface area is 151 Å². The summed E-state index contributed by atoms with van der Waals surface area (Å²) >= 11 is 6.10. The molecule has 6 nitrogen and oxygen atoms in total. The molecule has 7 heteroatoms. The zero-order valence-corrected chi connectivity index (χ0v) is 15.5. The van der Waals surface area contributed by atoms with E-state index in [-0.39, 0.29) is 5.91 Å². The highest BCUT2D eigenvalue weighted by Crippen LogP contribution is 2.36. The molecule has 0 atom stereocenters. The molecule has 1 N–H and O–H groups in total. The molecule has 0 saturated carbocycles. The van der Waals surface area contributed by atoms with Crippen LogP contribution in [0.5, 0.6) is 23.0 Å². The van der Waals surface area contributed by atoms with Crippen LogP contribution in [0.1, 0.15) is 15.9 Å². The number of rotatable bonds is 6. The maximum atomic E-state index is 12.7. The van der Waals surface area contributed by atoms with Crippen molar-refractivity contribution in [2.24, 2.45) is 0 Å². The summed E-state index contributed by atoms with van der Waals surface area (Å²) < 4.78 is 21.1. The Balaban J connectivity index is 2.43. The van der Waals surface area contributed by atoms with Gasteiger partial charge in [0.15, 0.2) is 11.5 Å². The standard InChI is InChI=1S/C18H20ClNO5/c1-10-6-13(15(23-3)8-12(10)19)20-18(21)11-7-16(24-4)17(25-5)9-14(11)22-2/h6-9H,1-5H3,(H,20,21). The smallest absolute Gasteiger partial charge is 0.259 e. The topological polar surface area (TPSA) is 66.0 Å². The number of methoxy groups -OCH3 is 4. The summed E-state index contributed by atoms with van der Waals surface area (Å²) in [5.74, 6) is 1.34. The van der Waals surface area contributed by atoms with Gasteiger partial charge in [-0.25, -0.2) is 0 Å². The molecule has 0 bridgehead atoms. The molecule has 0 unspecified atom stereocenters. The fourth-order valence-corrected chi connectivity index (χ4v) is 2.48. The van der Waals surface area contributed by atoms with E-state index >= 15 is 0 Å². The number of carbonyl (C=O) groups is 1. The normalized spacial score (nSPS) is 10.2. The van der Waals surface area contributed by atoms with E-state index in [9.17, 15) is 4.79 Å². The first kappa shape index (κ1) is 18.7. The van der Waals surface area contributed by atoms with Crippen molar-refractivity contribution in [3.63, 3.8) is 0 Å². The Morgan fingerprint density at radius 1 is 0.840 bits per heavy atom. The van der Waals surface area contributed by atoms with E-state index in [1.54, 1.807) is 24.3 Å². The lowest BCUT2D eigenvalue weighted by Crippen LogP contribution is -2.14. The van der Waals surface area contributed by atoms with Gasteiger partial charge in [-0.15, -0.1) is 0 Å². The first-order valence-electron chi connectivity index (χ1n) is 7.40. The highest BCUT2D eigenvalue weighted by molar-refractivity contribution is 6.31. The number of ether oxygens (including phenoxy) is 4. The van der Waals surface area contributed by atoms with Crippen molar-refractivity contribution in [3.05, 3.63) is 40.4 Å². The van der Waals surface area contributed by atoms with Crippen molar-refractivity contribution in [1.82, 2.24) is 0 Å². The van der Waals surface area contributed by atoms with Crippen molar-refractivity contribution in [2.45, 2.75) is 6.92 Å². The van der Waals surface area contributed by atoms with Crippen LogP contribution in [0.15, 0.2) is 24.3 Å². The van der Waals surface area contributed by atoms with Crippen LogP contribution >= 0.6 is 11.6 Å². The number of aryl methyl sites for hydroxylation is 1. The Bertz CT molecular complexity index is 792. The van der Waals surface area contributed by atoms with E-state index in [1.165, 1.54) is 28.4 Å². The van der Waals surface area contributed by atoms with Crippen LogP contribution in [0, 0.1) is 6.92 Å². The maximum absolute atomic E-state index is 12.7. The Morgan fingerprint density at radius 2 is 1.40 bits per heavy atom. The summed E-state index contributed by atoms with van der Waals surface area (Å²) in [4.78, 5) is 12.7. The van der Waals surface area contributed by atoms with Gasteiger partial charge in [0.05, 0.1) is 39.7 Å². The third-order valence-electron chi connectivity index (χ3n) is 3.68.